The van der Waals surface area contributed by atoms with E-state index in [1.54, 1.807) is 0 Å². The van der Waals surface area contributed by atoms with Crippen molar-refractivity contribution in [2.24, 2.45) is 11.8 Å². The second-order valence-electron chi connectivity index (χ2n) is 4.48. The second-order valence-corrected chi connectivity index (χ2v) is 5.20. The van der Waals surface area contributed by atoms with Crippen LogP contribution in [0, 0.1) is 11.8 Å². The minimum absolute atomic E-state index is 0.115. The van der Waals surface area contributed by atoms with Gasteiger partial charge >= 0.3 is 5.97 Å². The third-order valence-electron chi connectivity index (χ3n) is 2.48. The van der Waals surface area contributed by atoms with Gasteiger partial charge in [-0.2, -0.15) is 0 Å². The summed E-state index contributed by atoms with van der Waals surface area (Å²) in [5.74, 6) is -1.54. The molecule has 0 aliphatic rings. The maximum atomic E-state index is 11.7. The Balaban J connectivity index is 2.55. The molecule has 5 nitrogen and oxygen atoms in total. The van der Waals surface area contributed by atoms with Crippen molar-refractivity contribution in [1.29, 1.82) is 0 Å². The molecule has 18 heavy (non-hydrogen) atoms. The molecule has 6 heteroatoms. The maximum Gasteiger partial charge on any atom is 0.308 e. The highest BCUT2D eigenvalue weighted by Gasteiger charge is 2.21. The van der Waals surface area contributed by atoms with Crippen LogP contribution in [0.5, 0.6) is 0 Å². The summed E-state index contributed by atoms with van der Waals surface area (Å²) in [5.41, 5.74) is 0.365. The molecule has 1 aromatic heterocycles. The smallest absolute Gasteiger partial charge is 0.308 e. The fourth-order valence-electron chi connectivity index (χ4n) is 1.61. The first kappa shape index (κ1) is 14.8. The van der Waals surface area contributed by atoms with Crippen LogP contribution < -0.4 is 5.32 Å². The quantitative estimate of drug-likeness (QED) is 0.845. The fourth-order valence-corrected chi connectivity index (χ4v) is 2.03. The van der Waals surface area contributed by atoms with Crippen LogP contribution in [0.1, 0.15) is 30.6 Å². The van der Waals surface area contributed by atoms with Crippen LogP contribution in [0.4, 0.5) is 0 Å². The largest absolute Gasteiger partial charge is 0.481 e. The molecular formula is C12H16BrNO4. The van der Waals surface area contributed by atoms with Crippen molar-refractivity contribution in [3.8, 4) is 0 Å². The zero-order chi connectivity index (χ0) is 13.7. The van der Waals surface area contributed by atoms with Crippen LogP contribution in [0.2, 0.25) is 0 Å². The average Bonchev–Trinajstić information content (AvgIpc) is 2.69. The number of rotatable bonds is 6. The second kappa shape index (κ2) is 6.58. The minimum Gasteiger partial charge on any atom is -0.481 e. The maximum absolute atomic E-state index is 11.7. The Labute approximate surface area is 114 Å². The van der Waals surface area contributed by atoms with Gasteiger partial charge in [-0.3, -0.25) is 9.59 Å². The zero-order valence-corrected chi connectivity index (χ0v) is 11.9. The number of carboxylic acids is 1. The van der Waals surface area contributed by atoms with Crippen molar-refractivity contribution in [3.05, 3.63) is 22.6 Å². The average molecular weight is 318 g/mol. The monoisotopic (exact) mass is 317 g/mol. The van der Waals surface area contributed by atoms with Gasteiger partial charge in [-0.05, 0) is 34.3 Å². The lowest BCUT2D eigenvalue weighted by molar-refractivity contribution is -0.142. The van der Waals surface area contributed by atoms with E-state index in [0.29, 0.717) is 16.7 Å². The molecule has 1 amide bonds. The third kappa shape index (κ3) is 4.18. The highest BCUT2D eigenvalue weighted by atomic mass is 79.9. The van der Waals surface area contributed by atoms with Gasteiger partial charge in [0.05, 0.1) is 17.7 Å². The molecule has 0 saturated heterocycles. The molecular weight excluding hydrogens is 302 g/mol. The van der Waals surface area contributed by atoms with E-state index in [-0.39, 0.29) is 18.4 Å². The number of aliphatic carboxylic acids is 1. The molecule has 1 atom stereocenters. The SMILES string of the molecule is CC(C)CC(CNC(=O)c1ccoc1Br)C(=O)O. The van der Waals surface area contributed by atoms with Crippen molar-refractivity contribution in [2.75, 3.05) is 6.54 Å². The molecule has 1 rings (SSSR count). The molecule has 0 aromatic carbocycles. The number of furan rings is 1. The van der Waals surface area contributed by atoms with E-state index in [2.05, 4.69) is 21.2 Å². The van der Waals surface area contributed by atoms with Crippen LogP contribution >= 0.6 is 15.9 Å². The normalized spacial score (nSPS) is 12.4. The molecule has 0 bridgehead atoms. The summed E-state index contributed by atoms with van der Waals surface area (Å²) >= 11 is 3.10. The Morgan fingerprint density at radius 1 is 1.50 bits per heavy atom. The van der Waals surface area contributed by atoms with Crippen molar-refractivity contribution in [2.45, 2.75) is 20.3 Å². The minimum atomic E-state index is -0.893. The van der Waals surface area contributed by atoms with E-state index in [9.17, 15) is 9.59 Å². The third-order valence-corrected chi connectivity index (χ3v) is 3.09. The molecule has 0 fully saturated rings. The predicted octanol–water partition coefficient (Wildman–Crippen LogP) is 2.52. The lowest BCUT2D eigenvalue weighted by Crippen LogP contribution is -2.33. The molecule has 1 unspecified atom stereocenters. The highest BCUT2D eigenvalue weighted by Crippen LogP contribution is 2.17. The van der Waals surface area contributed by atoms with E-state index in [1.807, 2.05) is 13.8 Å². The Kier molecular flexibility index (Phi) is 5.40. The summed E-state index contributed by atoms with van der Waals surface area (Å²) in [6, 6.07) is 1.53. The first-order chi connectivity index (χ1) is 8.41. The number of carbonyl (C=O) groups is 2. The van der Waals surface area contributed by atoms with Crippen LogP contribution in [0.3, 0.4) is 0 Å². The summed E-state index contributed by atoms with van der Waals surface area (Å²) in [6.07, 6.45) is 1.92. The van der Waals surface area contributed by atoms with Gasteiger partial charge in [-0.15, -0.1) is 0 Å². The lowest BCUT2D eigenvalue weighted by Gasteiger charge is -2.15. The van der Waals surface area contributed by atoms with E-state index >= 15 is 0 Å². The van der Waals surface area contributed by atoms with E-state index in [4.69, 9.17) is 9.52 Å². The standard InChI is InChI=1S/C12H16BrNO4/c1-7(2)5-8(12(16)17)6-14-11(15)9-3-4-18-10(9)13/h3-4,7-8H,5-6H2,1-2H3,(H,14,15)(H,16,17). The molecule has 1 aromatic rings. The Bertz CT molecular complexity index is 427. The van der Waals surface area contributed by atoms with Gasteiger partial charge in [0.2, 0.25) is 0 Å². The molecule has 0 aliphatic carbocycles. The Hall–Kier alpha value is -1.30. The van der Waals surface area contributed by atoms with Gasteiger partial charge in [-0.1, -0.05) is 13.8 Å². The van der Waals surface area contributed by atoms with E-state index < -0.39 is 11.9 Å². The van der Waals surface area contributed by atoms with E-state index in [0.717, 1.165) is 0 Å². The van der Waals surface area contributed by atoms with Gasteiger partial charge in [0.1, 0.15) is 0 Å². The highest BCUT2D eigenvalue weighted by molar-refractivity contribution is 9.10. The molecule has 1 heterocycles. The summed E-state index contributed by atoms with van der Waals surface area (Å²) in [6.45, 7) is 4.01. The zero-order valence-electron chi connectivity index (χ0n) is 10.3. The van der Waals surface area contributed by atoms with Gasteiger partial charge in [0.15, 0.2) is 4.67 Å². The predicted molar refractivity (Wildman–Crippen MR) is 69.3 cm³/mol. The fraction of sp³-hybridized carbons (Fsp3) is 0.500. The van der Waals surface area contributed by atoms with E-state index in [1.165, 1.54) is 12.3 Å². The summed E-state index contributed by atoms with van der Waals surface area (Å²) in [7, 11) is 0. The Morgan fingerprint density at radius 2 is 2.17 bits per heavy atom. The summed E-state index contributed by atoms with van der Waals surface area (Å²) in [5, 5.41) is 11.6. The number of amides is 1. The van der Waals surface area contributed by atoms with Gasteiger partial charge in [0.25, 0.3) is 5.91 Å². The summed E-state index contributed by atoms with van der Waals surface area (Å²) < 4.78 is 5.29. The topological polar surface area (TPSA) is 79.5 Å². The van der Waals surface area contributed by atoms with Crippen molar-refractivity contribution in [3.63, 3.8) is 0 Å². The summed E-state index contributed by atoms with van der Waals surface area (Å²) in [4.78, 5) is 22.8. The molecule has 0 radical (unpaired) electrons. The number of hydrogen-bond donors (Lipinski definition) is 2. The molecule has 2 N–H and O–H groups in total. The number of carbonyl (C=O) groups excluding carboxylic acids is 1. The number of nitrogens with one attached hydrogen (secondary N) is 1. The van der Waals surface area contributed by atoms with Crippen LogP contribution in [-0.4, -0.2) is 23.5 Å². The number of halogens is 1. The lowest BCUT2D eigenvalue weighted by atomic mass is 9.97. The van der Waals surface area contributed by atoms with Crippen molar-refractivity contribution >= 4 is 27.8 Å². The number of carboxylic acid groups (broad SMARTS) is 1. The van der Waals surface area contributed by atoms with Gasteiger partial charge < -0.3 is 14.8 Å². The van der Waals surface area contributed by atoms with Gasteiger partial charge in [-0.25, -0.2) is 0 Å². The van der Waals surface area contributed by atoms with Gasteiger partial charge in [0, 0.05) is 6.54 Å². The van der Waals surface area contributed by atoms with Crippen molar-refractivity contribution in [1.82, 2.24) is 5.32 Å². The van der Waals surface area contributed by atoms with Crippen molar-refractivity contribution < 1.29 is 19.1 Å². The van der Waals surface area contributed by atoms with Crippen LogP contribution in [0.25, 0.3) is 0 Å². The Morgan fingerprint density at radius 3 is 2.61 bits per heavy atom. The first-order valence-corrected chi connectivity index (χ1v) is 6.45. The molecule has 0 spiro atoms. The molecule has 0 aliphatic heterocycles. The first-order valence-electron chi connectivity index (χ1n) is 5.65. The van der Waals surface area contributed by atoms with Crippen LogP contribution in [-0.2, 0) is 4.79 Å². The molecule has 100 valence electrons. The van der Waals surface area contributed by atoms with Crippen LogP contribution in [0.15, 0.2) is 21.4 Å². The molecule has 0 saturated carbocycles. The number of hydrogen-bond acceptors (Lipinski definition) is 3.